The Hall–Kier alpha value is -0.670. The molecule has 0 amide bonds. The number of nitrogen functional groups attached to an aromatic ring is 1. The van der Waals surface area contributed by atoms with Crippen molar-refractivity contribution in [3.05, 3.63) is 23.8 Å². The molecule has 0 fully saturated rings. The van der Waals surface area contributed by atoms with Crippen molar-refractivity contribution < 1.29 is 4.79 Å². The van der Waals surface area contributed by atoms with Gasteiger partial charge in [0, 0.05) is 10.6 Å². The Labute approximate surface area is 92.8 Å². The average molecular weight is 230 g/mol. The van der Waals surface area contributed by atoms with E-state index in [0.717, 1.165) is 10.5 Å². The molecule has 0 aliphatic heterocycles. The van der Waals surface area contributed by atoms with Gasteiger partial charge in [-0.15, -0.1) is 23.4 Å². The van der Waals surface area contributed by atoms with Crippen LogP contribution in [-0.4, -0.2) is 12.0 Å². The third-order valence-corrected chi connectivity index (χ3v) is 3.22. The number of nitrogens with two attached hydrogens (primary N) is 1. The van der Waals surface area contributed by atoms with Crippen LogP contribution in [0.4, 0.5) is 5.69 Å². The zero-order valence-corrected chi connectivity index (χ0v) is 9.65. The second kappa shape index (κ2) is 4.71. The van der Waals surface area contributed by atoms with Crippen molar-refractivity contribution in [1.82, 2.24) is 0 Å². The first-order chi connectivity index (χ1) is 6.56. The lowest BCUT2D eigenvalue weighted by Gasteiger charge is -2.11. The number of hydrogen-bond donors (Lipinski definition) is 1. The van der Waals surface area contributed by atoms with E-state index in [1.807, 2.05) is 12.3 Å². The number of carbonyl (C=O) groups excluding carboxylic acids is 1. The Morgan fingerprint density at radius 3 is 2.71 bits per heavy atom. The fraction of sp³-hybridized carbons (Fsp3) is 0.300. The maximum absolute atomic E-state index is 11.1. The molecule has 1 aromatic carbocycles. The Balaban J connectivity index is 3.13. The highest BCUT2D eigenvalue weighted by molar-refractivity contribution is 7.98. The largest absolute Gasteiger partial charge is 0.399 e. The molecule has 76 valence electrons. The number of benzene rings is 1. The van der Waals surface area contributed by atoms with Crippen molar-refractivity contribution >= 4 is 34.8 Å². The van der Waals surface area contributed by atoms with Gasteiger partial charge in [-0.3, -0.25) is 4.79 Å². The molecular formula is C10H12ClNOS. The summed E-state index contributed by atoms with van der Waals surface area (Å²) >= 11 is 7.51. The van der Waals surface area contributed by atoms with Crippen molar-refractivity contribution in [2.24, 2.45) is 0 Å². The van der Waals surface area contributed by atoms with Crippen molar-refractivity contribution in [1.29, 1.82) is 0 Å². The predicted octanol–water partition coefficient (Wildman–Crippen LogP) is 2.86. The summed E-state index contributed by atoms with van der Waals surface area (Å²) in [5, 5.41) is -0.571. The number of anilines is 1. The van der Waals surface area contributed by atoms with Crippen LogP contribution in [0.3, 0.4) is 0 Å². The molecule has 0 aromatic heterocycles. The first-order valence-electron chi connectivity index (χ1n) is 4.14. The molecule has 1 unspecified atom stereocenters. The van der Waals surface area contributed by atoms with E-state index in [2.05, 4.69) is 0 Å². The summed E-state index contributed by atoms with van der Waals surface area (Å²) in [4.78, 5) is 12.1. The third kappa shape index (κ3) is 2.42. The minimum atomic E-state index is -0.571. The summed E-state index contributed by atoms with van der Waals surface area (Å²) < 4.78 is 0. The lowest BCUT2D eigenvalue weighted by Crippen LogP contribution is -2.03. The summed E-state index contributed by atoms with van der Waals surface area (Å²) in [6.45, 7) is 1.48. The molecule has 4 heteroatoms. The van der Waals surface area contributed by atoms with Gasteiger partial charge in [-0.2, -0.15) is 0 Å². The fourth-order valence-corrected chi connectivity index (χ4v) is 2.09. The number of Topliss-reactive ketones (excluding diaryl/α,β-unsaturated/α-hetero) is 1. The second-order valence-electron chi connectivity index (χ2n) is 2.97. The first-order valence-corrected chi connectivity index (χ1v) is 5.80. The summed E-state index contributed by atoms with van der Waals surface area (Å²) in [6.07, 6.45) is 1.93. The van der Waals surface area contributed by atoms with E-state index in [0.29, 0.717) is 5.69 Å². The van der Waals surface area contributed by atoms with E-state index in [1.54, 1.807) is 12.1 Å². The lowest BCUT2D eigenvalue weighted by molar-refractivity contribution is -0.116. The zero-order chi connectivity index (χ0) is 10.7. The standard InChI is InChI=1S/C10H12ClNOS/c1-6(13)10(11)8-4-3-7(12)5-9(8)14-2/h3-5,10H,12H2,1-2H3. The van der Waals surface area contributed by atoms with Gasteiger partial charge in [0.2, 0.25) is 0 Å². The van der Waals surface area contributed by atoms with Gasteiger partial charge in [0.25, 0.3) is 0 Å². The van der Waals surface area contributed by atoms with Gasteiger partial charge < -0.3 is 5.73 Å². The van der Waals surface area contributed by atoms with Gasteiger partial charge in [0.1, 0.15) is 5.38 Å². The number of rotatable bonds is 3. The van der Waals surface area contributed by atoms with Crippen molar-refractivity contribution in [2.75, 3.05) is 12.0 Å². The highest BCUT2D eigenvalue weighted by Crippen LogP contribution is 2.31. The molecule has 2 nitrogen and oxygen atoms in total. The topological polar surface area (TPSA) is 43.1 Å². The summed E-state index contributed by atoms with van der Waals surface area (Å²) in [6, 6.07) is 5.39. The third-order valence-electron chi connectivity index (χ3n) is 1.89. The number of ketones is 1. The van der Waals surface area contributed by atoms with Crippen LogP contribution in [0.15, 0.2) is 23.1 Å². The van der Waals surface area contributed by atoms with Crippen LogP contribution in [0.5, 0.6) is 0 Å². The lowest BCUT2D eigenvalue weighted by atomic mass is 10.1. The van der Waals surface area contributed by atoms with Crippen LogP contribution in [-0.2, 0) is 4.79 Å². The molecule has 0 radical (unpaired) electrons. The number of carbonyl (C=O) groups is 1. The smallest absolute Gasteiger partial charge is 0.152 e. The van der Waals surface area contributed by atoms with E-state index in [9.17, 15) is 4.79 Å². The quantitative estimate of drug-likeness (QED) is 0.493. The SMILES string of the molecule is CSc1cc(N)ccc1C(Cl)C(C)=O. The highest BCUT2D eigenvalue weighted by Gasteiger charge is 2.16. The maximum atomic E-state index is 11.1. The molecule has 0 aliphatic rings. The molecule has 14 heavy (non-hydrogen) atoms. The van der Waals surface area contributed by atoms with E-state index >= 15 is 0 Å². The number of halogens is 1. The van der Waals surface area contributed by atoms with Crippen molar-refractivity contribution in [2.45, 2.75) is 17.2 Å². The molecule has 2 N–H and O–H groups in total. The molecular weight excluding hydrogens is 218 g/mol. The van der Waals surface area contributed by atoms with Crippen LogP contribution >= 0.6 is 23.4 Å². The van der Waals surface area contributed by atoms with Crippen molar-refractivity contribution in [3.63, 3.8) is 0 Å². The molecule has 0 saturated heterocycles. The minimum absolute atomic E-state index is 0.0493. The fourth-order valence-electron chi connectivity index (χ4n) is 1.16. The van der Waals surface area contributed by atoms with Crippen molar-refractivity contribution in [3.8, 4) is 0 Å². The zero-order valence-electron chi connectivity index (χ0n) is 8.08. The first kappa shape index (κ1) is 11.4. The number of hydrogen-bond acceptors (Lipinski definition) is 3. The Kier molecular flexibility index (Phi) is 3.84. The average Bonchev–Trinajstić information content (AvgIpc) is 2.16. The summed E-state index contributed by atoms with van der Waals surface area (Å²) in [5.74, 6) is -0.0493. The van der Waals surface area contributed by atoms with E-state index in [4.69, 9.17) is 17.3 Å². The molecule has 0 aliphatic carbocycles. The summed E-state index contributed by atoms with van der Waals surface area (Å²) in [5.41, 5.74) is 7.16. The number of alkyl halides is 1. The van der Waals surface area contributed by atoms with Crippen LogP contribution < -0.4 is 5.73 Å². The molecule has 0 spiro atoms. The Morgan fingerprint density at radius 1 is 1.57 bits per heavy atom. The van der Waals surface area contributed by atoms with E-state index < -0.39 is 5.38 Å². The monoisotopic (exact) mass is 229 g/mol. The predicted molar refractivity (Wildman–Crippen MR) is 61.9 cm³/mol. The van der Waals surface area contributed by atoms with Gasteiger partial charge in [-0.1, -0.05) is 6.07 Å². The minimum Gasteiger partial charge on any atom is -0.399 e. The van der Waals surface area contributed by atoms with Gasteiger partial charge in [0.15, 0.2) is 5.78 Å². The Morgan fingerprint density at radius 2 is 2.21 bits per heavy atom. The second-order valence-corrected chi connectivity index (χ2v) is 4.26. The molecule has 0 saturated carbocycles. The van der Waals surface area contributed by atoms with Gasteiger partial charge in [-0.05, 0) is 30.9 Å². The van der Waals surface area contributed by atoms with Gasteiger partial charge in [0.05, 0.1) is 0 Å². The van der Waals surface area contributed by atoms with Gasteiger partial charge >= 0.3 is 0 Å². The maximum Gasteiger partial charge on any atom is 0.152 e. The van der Waals surface area contributed by atoms with E-state index in [1.165, 1.54) is 18.7 Å². The van der Waals surface area contributed by atoms with Crippen LogP contribution in [0.1, 0.15) is 17.9 Å². The van der Waals surface area contributed by atoms with Crippen LogP contribution in [0.2, 0.25) is 0 Å². The highest BCUT2D eigenvalue weighted by atomic mass is 35.5. The Bertz CT molecular complexity index is 354. The number of thioether (sulfide) groups is 1. The van der Waals surface area contributed by atoms with Crippen LogP contribution in [0.25, 0.3) is 0 Å². The van der Waals surface area contributed by atoms with E-state index in [-0.39, 0.29) is 5.78 Å². The molecule has 1 aromatic rings. The molecule has 0 bridgehead atoms. The molecule has 0 heterocycles. The molecule has 1 atom stereocenters. The van der Waals surface area contributed by atoms with Crippen LogP contribution in [0, 0.1) is 0 Å². The normalized spacial score (nSPS) is 12.5. The van der Waals surface area contributed by atoms with Gasteiger partial charge in [-0.25, -0.2) is 0 Å². The molecule has 1 rings (SSSR count). The summed E-state index contributed by atoms with van der Waals surface area (Å²) in [7, 11) is 0.